The predicted molar refractivity (Wildman–Crippen MR) is 66.0 cm³/mol. The molecule has 1 saturated heterocycles. The topological polar surface area (TPSA) is 118 Å². The van der Waals surface area contributed by atoms with E-state index in [4.69, 9.17) is 5.73 Å². The van der Waals surface area contributed by atoms with E-state index in [2.05, 4.69) is 15.0 Å². The van der Waals surface area contributed by atoms with Gasteiger partial charge in [-0.2, -0.15) is 5.10 Å². The average molecular weight is 274 g/mol. The molecule has 1 aliphatic heterocycles. The highest BCUT2D eigenvalue weighted by atomic mass is 16.7. The minimum absolute atomic E-state index is 0.0989. The summed E-state index contributed by atoms with van der Waals surface area (Å²) >= 11 is 0. The van der Waals surface area contributed by atoms with Crippen molar-refractivity contribution in [3.05, 3.63) is 30.0 Å². The number of nitrogens with one attached hydrogen (secondary N) is 1. The molecule has 1 fully saturated rings. The number of benzene rings is 1. The lowest BCUT2D eigenvalue weighted by Crippen LogP contribution is -2.35. The van der Waals surface area contributed by atoms with Gasteiger partial charge < -0.3 is 10.6 Å². The quantitative estimate of drug-likeness (QED) is 0.769. The lowest BCUT2D eigenvalue weighted by molar-refractivity contribution is -0.171. The summed E-state index contributed by atoms with van der Waals surface area (Å²) in [7, 11) is 0. The maximum Gasteiger partial charge on any atom is 0.429 e. The smallest absolute Gasteiger partial charge is 0.333 e. The number of aromatic nitrogens is 2. The summed E-state index contributed by atoms with van der Waals surface area (Å²) in [6.07, 6.45) is -1.31. The van der Waals surface area contributed by atoms with Gasteiger partial charge in [0.2, 0.25) is 0 Å². The van der Waals surface area contributed by atoms with Gasteiger partial charge in [-0.05, 0) is 6.07 Å². The fraction of sp³-hybridized carbons (Fsp3) is 0.167. The van der Waals surface area contributed by atoms with Gasteiger partial charge in [-0.3, -0.25) is 14.7 Å². The monoisotopic (exact) mass is 274 g/mol. The Balaban J connectivity index is 1.97. The maximum atomic E-state index is 12.1. The van der Waals surface area contributed by atoms with Crippen LogP contribution in [0.3, 0.4) is 0 Å². The van der Waals surface area contributed by atoms with Crippen LogP contribution in [-0.4, -0.2) is 33.2 Å². The van der Waals surface area contributed by atoms with Crippen LogP contribution in [0, 0.1) is 0 Å². The first-order valence-corrected chi connectivity index (χ1v) is 5.85. The van der Waals surface area contributed by atoms with E-state index in [-0.39, 0.29) is 6.42 Å². The van der Waals surface area contributed by atoms with Crippen LogP contribution < -0.4 is 5.73 Å². The van der Waals surface area contributed by atoms with Crippen LogP contribution in [0.1, 0.15) is 18.0 Å². The van der Waals surface area contributed by atoms with Gasteiger partial charge in [0.05, 0.1) is 17.1 Å². The number of H-pyrrole nitrogens is 1. The zero-order valence-electron chi connectivity index (χ0n) is 10.2. The number of rotatable bonds is 2. The molecule has 8 heteroatoms. The molecule has 0 radical (unpaired) electrons. The molecular formula is C12H10N4O4. The zero-order valence-corrected chi connectivity index (χ0v) is 10.2. The van der Waals surface area contributed by atoms with E-state index in [1.54, 1.807) is 18.2 Å². The van der Waals surface area contributed by atoms with Gasteiger partial charge in [-0.25, -0.2) is 4.79 Å². The molecule has 1 aliphatic rings. The van der Waals surface area contributed by atoms with Crippen LogP contribution in [0.2, 0.25) is 0 Å². The number of hydrogen-bond acceptors (Lipinski definition) is 5. The van der Waals surface area contributed by atoms with E-state index < -0.39 is 23.8 Å². The summed E-state index contributed by atoms with van der Waals surface area (Å²) in [6.45, 7) is 0. The Hall–Kier alpha value is -2.90. The largest absolute Gasteiger partial charge is 0.429 e. The number of carbonyl (C=O) groups is 3. The standard InChI is InChI=1S/C12H10N4O4/c13-12(19)20-16-9(17)5-7(11(16)18)10-6-3-1-2-4-8(6)14-15-10/h1-4,7H,5H2,(H2,13,19)(H,14,15). The number of aromatic amines is 1. The van der Waals surface area contributed by atoms with Crippen molar-refractivity contribution in [3.8, 4) is 0 Å². The van der Waals surface area contributed by atoms with Crippen LogP contribution in [0.5, 0.6) is 0 Å². The summed E-state index contributed by atoms with van der Waals surface area (Å²) in [5.41, 5.74) is 6.04. The van der Waals surface area contributed by atoms with Crippen molar-refractivity contribution in [3.63, 3.8) is 0 Å². The Morgan fingerprint density at radius 2 is 2.15 bits per heavy atom. The zero-order chi connectivity index (χ0) is 14.3. The second kappa shape index (κ2) is 4.34. The third-order valence-electron chi connectivity index (χ3n) is 3.12. The summed E-state index contributed by atoms with van der Waals surface area (Å²) in [6, 6.07) is 7.20. The normalized spacial score (nSPS) is 18.8. The van der Waals surface area contributed by atoms with Crippen LogP contribution in [0.15, 0.2) is 24.3 Å². The molecule has 102 valence electrons. The molecule has 3 amide bonds. The van der Waals surface area contributed by atoms with Gasteiger partial charge in [0.15, 0.2) is 0 Å². The molecule has 3 rings (SSSR count). The minimum atomic E-state index is -1.21. The molecule has 3 N–H and O–H groups in total. The first kappa shape index (κ1) is 12.2. The Kier molecular flexibility index (Phi) is 2.63. The molecule has 0 spiro atoms. The van der Waals surface area contributed by atoms with Crippen molar-refractivity contribution in [1.82, 2.24) is 15.3 Å². The number of hydroxylamine groups is 2. The second-order valence-corrected chi connectivity index (χ2v) is 4.35. The molecule has 8 nitrogen and oxygen atoms in total. The van der Waals surface area contributed by atoms with E-state index in [9.17, 15) is 14.4 Å². The highest BCUT2D eigenvalue weighted by Crippen LogP contribution is 2.32. The van der Waals surface area contributed by atoms with Crippen molar-refractivity contribution in [1.29, 1.82) is 0 Å². The number of imide groups is 1. The van der Waals surface area contributed by atoms with E-state index in [0.717, 1.165) is 5.39 Å². The molecule has 1 aromatic carbocycles. The van der Waals surface area contributed by atoms with Gasteiger partial charge in [-0.1, -0.05) is 18.2 Å². The number of hydrogen-bond donors (Lipinski definition) is 2. The van der Waals surface area contributed by atoms with E-state index in [1.807, 2.05) is 6.07 Å². The van der Waals surface area contributed by atoms with Crippen molar-refractivity contribution in [2.45, 2.75) is 12.3 Å². The molecule has 1 atom stereocenters. The van der Waals surface area contributed by atoms with Crippen molar-refractivity contribution in [2.24, 2.45) is 5.73 Å². The van der Waals surface area contributed by atoms with Crippen LogP contribution >= 0.6 is 0 Å². The Morgan fingerprint density at radius 3 is 2.90 bits per heavy atom. The van der Waals surface area contributed by atoms with Crippen LogP contribution in [0.4, 0.5) is 4.79 Å². The average Bonchev–Trinajstić information content (AvgIpc) is 2.94. The molecule has 0 bridgehead atoms. The molecular weight excluding hydrogens is 264 g/mol. The summed E-state index contributed by atoms with van der Waals surface area (Å²) < 4.78 is 0. The molecule has 2 aromatic rings. The number of nitrogens with two attached hydrogens (primary N) is 1. The molecule has 2 heterocycles. The lowest BCUT2D eigenvalue weighted by atomic mass is 10.0. The Labute approximate surface area is 112 Å². The highest BCUT2D eigenvalue weighted by Gasteiger charge is 2.43. The van der Waals surface area contributed by atoms with Gasteiger partial charge in [0.1, 0.15) is 0 Å². The fourth-order valence-corrected chi connectivity index (χ4v) is 2.27. The van der Waals surface area contributed by atoms with E-state index in [0.29, 0.717) is 16.3 Å². The van der Waals surface area contributed by atoms with Crippen LogP contribution in [0.25, 0.3) is 10.9 Å². The third-order valence-corrected chi connectivity index (χ3v) is 3.12. The van der Waals surface area contributed by atoms with E-state index in [1.165, 1.54) is 0 Å². The highest BCUT2D eigenvalue weighted by molar-refractivity contribution is 6.07. The number of fused-ring (bicyclic) bond motifs is 1. The molecule has 20 heavy (non-hydrogen) atoms. The van der Waals surface area contributed by atoms with Crippen molar-refractivity contribution in [2.75, 3.05) is 0 Å². The predicted octanol–water partition coefficient (Wildman–Crippen LogP) is 0.416. The van der Waals surface area contributed by atoms with E-state index >= 15 is 0 Å². The second-order valence-electron chi connectivity index (χ2n) is 4.35. The third kappa shape index (κ3) is 1.78. The number of nitrogens with zero attached hydrogens (tertiary/aromatic N) is 2. The number of primary amides is 1. The number of amides is 3. The first-order chi connectivity index (χ1) is 9.58. The van der Waals surface area contributed by atoms with Crippen LogP contribution in [-0.2, 0) is 14.4 Å². The van der Waals surface area contributed by atoms with Gasteiger partial charge in [0.25, 0.3) is 11.8 Å². The summed E-state index contributed by atoms with van der Waals surface area (Å²) in [5, 5.41) is 7.98. The molecule has 1 aromatic heterocycles. The van der Waals surface area contributed by atoms with Gasteiger partial charge in [-0.15, -0.1) is 5.06 Å². The first-order valence-electron chi connectivity index (χ1n) is 5.85. The molecule has 1 unspecified atom stereocenters. The fourth-order valence-electron chi connectivity index (χ4n) is 2.27. The summed E-state index contributed by atoms with van der Waals surface area (Å²) in [5.74, 6) is -2.00. The molecule has 0 saturated carbocycles. The minimum Gasteiger partial charge on any atom is -0.333 e. The van der Waals surface area contributed by atoms with Gasteiger partial charge >= 0.3 is 6.09 Å². The van der Waals surface area contributed by atoms with Gasteiger partial charge in [0, 0.05) is 11.8 Å². The summed E-state index contributed by atoms with van der Waals surface area (Å²) in [4.78, 5) is 38.9. The van der Waals surface area contributed by atoms with Crippen molar-refractivity contribution >= 4 is 28.8 Å². The Morgan fingerprint density at radius 1 is 1.40 bits per heavy atom. The number of para-hydroxylation sites is 1. The molecule has 0 aliphatic carbocycles. The lowest BCUT2D eigenvalue weighted by Gasteiger charge is -2.11. The SMILES string of the molecule is NC(=O)ON1C(=O)CC(c2[nH]nc3ccccc23)C1=O. The maximum absolute atomic E-state index is 12.1. The van der Waals surface area contributed by atoms with Crippen molar-refractivity contribution < 1.29 is 19.2 Å². The number of carbonyl (C=O) groups excluding carboxylic acids is 3. The Bertz CT molecular complexity index is 723.